The second-order valence-corrected chi connectivity index (χ2v) is 8.50. The lowest BCUT2D eigenvalue weighted by Crippen LogP contribution is -2.51. The van der Waals surface area contributed by atoms with Crippen molar-refractivity contribution in [3.8, 4) is 0 Å². The van der Waals surface area contributed by atoms with Crippen LogP contribution >= 0.6 is 0 Å². The molecule has 1 aliphatic heterocycles. The summed E-state index contributed by atoms with van der Waals surface area (Å²) in [6.45, 7) is 9.54. The molecule has 1 amide bonds. The molecule has 0 unspecified atom stereocenters. The first-order valence-corrected chi connectivity index (χ1v) is 9.54. The van der Waals surface area contributed by atoms with Gasteiger partial charge in [-0.05, 0) is 37.7 Å². The molecule has 2 aliphatic rings. The van der Waals surface area contributed by atoms with Crippen molar-refractivity contribution in [1.82, 2.24) is 9.80 Å². The number of rotatable bonds is 5. The Kier molecular flexibility index (Phi) is 5.29. The number of benzene rings is 1. The number of hydrogen-bond donors (Lipinski definition) is 0. The van der Waals surface area contributed by atoms with Gasteiger partial charge < -0.3 is 9.80 Å². The molecule has 2 fully saturated rings. The van der Waals surface area contributed by atoms with E-state index in [1.807, 2.05) is 0 Å². The lowest BCUT2D eigenvalue weighted by molar-refractivity contribution is -0.143. The van der Waals surface area contributed by atoms with E-state index in [1.54, 1.807) is 0 Å². The Morgan fingerprint density at radius 2 is 1.62 bits per heavy atom. The normalized spacial score (nSPS) is 20.1. The summed E-state index contributed by atoms with van der Waals surface area (Å²) in [5, 5.41) is 0. The van der Waals surface area contributed by atoms with Gasteiger partial charge in [0, 0.05) is 37.1 Å². The van der Waals surface area contributed by atoms with Crippen LogP contribution in [0.5, 0.6) is 0 Å². The van der Waals surface area contributed by atoms with Crippen molar-refractivity contribution in [2.45, 2.75) is 65.0 Å². The standard InChI is InChI=1S/C21H32N2O/c1-21(2,3)20(24)23(18-9-10-18)19-12-15-22(16-13-19)14-11-17-7-5-4-6-8-17/h4-8,18-19H,9-16H2,1-3H3. The second-order valence-electron chi connectivity index (χ2n) is 8.50. The van der Waals surface area contributed by atoms with Crippen molar-refractivity contribution in [3.63, 3.8) is 0 Å². The Morgan fingerprint density at radius 3 is 2.17 bits per heavy atom. The summed E-state index contributed by atoms with van der Waals surface area (Å²) in [5.74, 6) is 0.354. The van der Waals surface area contributed by atoms with E-state index in [2.05, 4.69) is 60.9 Å². The second kappa shape index (κ2) is 7.26. The molecule has 1 aliphatic carbocycles. The predicted octanol–water partition coefficient (Wildman–Crippen LogP) is 3.73. The van der Waals surface area contributed by atoms with E-state index >= 15 is 0 Å². The van der Waals surface area contributed by atoms with Gasteiger partial charge >= 0.3 is 0 Å². The first-order valence-electron chi connectivity index (χ1n) is 9.54. The smallest absolute Gasteiger partial charge is 0.228 e. The molecule has 0 aromatic heterocycles. The zero-order valence-electron chi connectivity index (χ0n) is 15.5. The maximum absolute atomic E-state index is 12.9. The van der Waals surface area contributed by atoms with E-state index in [1.165, 1.54) is 18.4 Å². The molecule has 0 spiro atoms. The fourth-order valence-electron chi connectivity index (χ4n) is 3.72. The fraction of sp³-hybridized carbons (Fsp3) is 0.667. The number of amides is 1. The highest BCUT2D eigenvalue weighted by molar-refractivity contribution is 5.82. The Hall–Kier alpha value is -1.35. The van der Waals surface area contributed by atoms with Gasteiger partial charge in [-0.2, -0.15) is 0 Å². The quantitative estimate of drug-likeness (QED) is 0.822. The van der Waals surface area contributed by atoms with E-state index in [-0.39, 0.29) is 5.41 Å². The molecular weight excluding hydrogens is 296 g/mol. The van der Waals surface area contributed by atoms with Crippen LogP contribution in [-0.2, 0) is 11.2 Å². The van der Waals surface area contributed by atoms with Crippen LogP contribution in [0.3, 0.4) is 0 Å². The summed E-state index contributed by atoms with van der Waals surface area (Å²) < 4.78 is 0. The van der Waals surface area contributed by atoms with Crippen molar-refractivity contribution in [1.29, 1.82) is 0 Å². The van der Waals surface area contributed by atoms with Crippen LogP contribution in [-0.4, -0.2) is 47.4 Å². The van der Waals surface area contributed by atoms with E-state index in [0.29, 0.717) is 18.0 Å². The zero-order chi connectivity index (χ0) is 17.2. The lowest BCUT2D eigenvalue weighted by atomic mass is 9.92. The van der Waals surface area contributed by atoms with E-state index in [4.69, 9.17) is 0 Å². The van der Waals surface area contributed by atoms with Crippen LogP contribution in [0.15, 0.2) is 30.3 Å². The highest BCUT2D eigenvalue weighted by atomic mass is 16.2. The monoisotopic (exact) mass is 328 g/mol. The molecule has 3 rings (SSSR count). The molecule has 1 aromatic carbocycles. The Bertz CT molecular complexity index is 537. The molecule has 0 atom stereocenters. The highest BCUT2D eigenvalue weighted by Gasteiger charge is 2.41. The Labute approximate surface area is 147 Å². The van der Waals surface area contributed by atoms with Crippen LogP contribution in [0, 0.1) is 5.41 Å². The Balaban J connectivity index is 1.51. The summed E-state index contributed by atoms with van der Waals surface area (Å²) in [5.41, 5.74) is 1.16. The molecule has 24 heavy (non-hydrogen) atoms. The first-order chi connectivity index (χ1) is 11.4. The molecule has 1 saturated heterocycles. The third-order valence-electron chi connectivity index (χ3n) is 5.33. The largest absolute Gasteiger partial charge is 0.336 e. The lowest BCUT2D eigenvalue weighted by Gasteiger charge is -2.41. The molecule has 0 N–H and O–H groups in total. The zero-order valence-corrected chi connectivity index (χ0v) is 15.5. The van der Waals surface area contributed by atoms with Crippen molar-refractivity contribution < 1.29 is 4.79 Å². The van der Waals surface area contributed by atoms with Gasteiger partial charge in [-0.3, -0.25) is 4.79 Å². The third-order valence-corrected chi connectivity index (χ3v) is 5.33. The molecule has 1 heterocycles. The molecule has 1 aromatic rings. The average Bonchev–Trinajstić information content (AvgIpc) is 3.39. The van der Waals surface area contributed by atoms with Gasteiger partial charge in [0.15, 0.2) is 0 Å². The molecule has 3 nitrogen and oxygen atoms in total. The van der Waals surface area contributed by atoms with E-state index in [9.17, 15) is 4.79 Å². The van der Waals surface area contributed by atoms with E-state index < -0.39 is 0 Å². The van der Waals surface area contributed by atoms with Gasteiger partial charge in [-0.1, -0.05) is 51.1 Å². The highest BCUT2D eigenvalue weighted by Crippen LogP contribution is 2.35. The summed E-state index contributed by atoms with van der Waals surface area (Å²) in [6.07, 6.45) is 5.80. The number of nitrogens with zero attached hydrogens (tertiary/aromatic N) is 2. The minimum Gasteiger partial charge on any atom is -0.336 e. The number of carbonyl (C=O) groups is 1. The van der Waals surface area contributed by atoms with Gasteiger partial charge in [-0.25, -0.2) is 0 Å². The van der Waals surface area contributed by atoms with Crippen molar-refractivity contribution in [2.75, 3.05) is 19.6 Å². The summed E-state index contributed by atoms with van der Waals surface area (Å²) in [7, 11) is 0. The fourth-order valence-corrected chi connectivity index (χ4v) is 3.72. The van der Waals surface area contributed by atoms with Crippen LogP contribution in [0.4, 0.5) is 0 Å². The number of piperidine rings is 1. The van der Waals surface area contributed by atoms with Gasteiger partial charge in [0.1, 0.15) is 0 Å². The number of hydrogen-bond acceptors (Lipinski definition) is 2. The van der Waals surface area contributed by atoms with Crippen molar-refractivity contribution in [3.05, 3.63) is 35.9 Å². The molecule has 0 radical (unpaired) electrons. The molecule has 132 valence electrons. The number of likely N-dealkylation sites (tertiary alicyclic amines) is 1. The van der Waals surface area contributed by atoms with Crippen molar-refractivity contribution >= 4 is 5.91 Å². The maximum atomic E-state index is 12.9. The van der Waals surface area contributed by atoms with E-state index in [0.717, 1.165) is 38.9 Å². The van der Waals surface area contributed by atoms with Crippen LogP contribution < -0.4 is 0 Å². The van der Waals surface area contributed by atoms with Gasteiger partial charge in [0.2, 0.25) is 5.91 Å². The summed E-state index contributed by atoms with van der Waals surface area (Å²) in [4.78, 5) is 17.7. The summed E-state index contributed by atoms with van der Waals surface area (Å²) >= 11 is 0. The van der Waals surface area contributed by atoms with Crippen molar-refractivity contribution in [2.24, 2.45) is 5.41 Å². The van der Waals surface area contributed by atoms with Gasteiger partial charge in [0.25, 0.3) is 0 Å². The van der Waals surface area contributed by atoms with Crippen LogP contribution in [0.25, 0.3) is 0 Å². The molecular formula is C21H32N2O. The molecule has 3 heteroatoms. The number of carbonyl (C=O) groups excluding carboxylic acids is 1. The molecule has 1 saturated carbocycles. The maximum Gasteiger partial charge on any atom is 0.228 e. The van der Waals surface area contributed by atoms with Crippen LogP contribution in [0.1, 0.15) is 52.0 Å². The predicted molar refractivity (Wildman–Crippen MR) is 98.9 cm³/mol. The SMILES string of the molecule is CC(C)(C)C(=O)N(C1CC1)C1CCN(CCc2ccccc2)CC1. The van der Waals surface area contributed by atoms with Gasteiger partial charge in [-0.15, -0.1) is 0 Å². The third kappa shape index (κ3) is 4.38. The average molecular weight is 329 g/mol. The van der Waals surface area contributed by atoms with Gasteiger partial charge in [0.05, 0.1) is 0 Å². The molecule has 0 bridgehead atoms. The topological polar surface area (TPSA) is 23.6 Å². The minimum atomic E-state index is -0.257. The minimum absolute atomic E-state index is 0.257. The Morgan fingerprint density at radius 1 is 1.04 bits per heavy atom. The first kappa shape index (κ1) is 17.5. The van der Waals surface area contributed by atoms with Crippen LogP contribution in [0.2, 0.25) is 0 Å². The summed E-state index contributed by atoms with van der Waals surface area (Å²) in [6, 6.07) is 11.7.